The van der Waals surface area contributed by atoms with Gasteiger partial charge in [0, 0.05) is 41.6 Å². The van der Waals surface area contributed by atoms with Crippen LogP contribution in [0.1, 0.15) is 42.4 Å². The first-order chi connectivity index (χ1) is 16.1. The monoisotopic (exact) mass is 481 g/mol. The number of aryl methyl sites for hydroxylation is 1. The first-order valence-corrected chi connectivity index (χ1v) is 12.2. The van der Waals surface area contributed by atoms with Gasteiger partial charge < -0.3 is 14.6 Å². The number of halogens is 1. The lowest BCUT2D eigenvalue weighted by molar-refractivity contribution is -0.138. The van der Waals surface area contributed by atoms with E-state index in [9.17, 15) is 9.90 Å². The second kappa shape index (κ2) is 8.94. The number of likely N-dealkylation sites (tertiary alicyclic amines) is 1. The summed E-state index contributed by atoms with van der Waals surface area (Å²) in [6.07, 6.45) is 6.54. The maximum absolute atomic E-state index is 13.0. The predicted octanol–water partition coefficient (Wildman–Crippen LogP) is 4.62. The van der Waals surface area contributed by atoms with Gasteiger partial charge in [0.2, 0.25) is 0 Å². The van der Waals surface area contributed by atoms with Gasteiger partial charge in [-0.15, -0.1) is 19.0 Å². The predicted molar refractivity (Wildman–Crippen MR) is 133 cm³/mol. The molecule has 6 heteroatoms. The van der Waals surface area contributed by atoms with Crippen molar-refractivity contribution in [3.05, 3.63) is 65.7 Å². The van der Waals surface area contributed by atoms with Crippen molar-refractivity contribution in [2.24, 2.45) is 5.92 Å². The fourth-order valence-electron chi connectivity index (χ4n) is 7.08. The van der Waals surface area contributed by atoms with Crippen LogP contribution in [0.25, 0.3) is 0 Å². The number of piperidine rings is 1. The number of phenols is 1. The molecule has 0 unspecified atom stereocenters. The number of hydrogen-bond donors (Lipinski definition) is 1. The van der Waals surface area contributed by atoms with Gasteiger partial charge in [0.05, 0.1) is 6.61 Å². The highest BCUT2D eigenvalue weighted by molar-refractivity contribution is 5.89. The molecule has 2 aromatic rings. The molecule has 0 aromatic heterocycles. The molecular weight excluding hydrogens is 450 g/mol. The Hall–Kier alpha value is -2.50. The molecule has 2 heterocycles. The Morgan fingerprint density at radius 3 is 2.91 bits per heavy atom. The van der Waals surface area contributed by atoms with Crippen molar-refractivity contribution >= 4 is 18.2 Å². The van der Waals surface area contributed by atoms with Crippen LogP contribution in [0.5, 0.6) is 17.2 Å². The molecule has 0 amide bonds. The van der Waals surface area contributed by atoms with Gasteiger partial charge in [-0.3, -0.25) is 9.69 Å². The number of aromatic hydroxyl groups is 1. The van der Waals surface area contributed by atoms with Crippen molar-refractivity contribution < 1.29 is 19.4 Å². The lowest BCUT2D eigenvalue weighted by atomic mass is 9.51. The van der Waals surface area contributed by atoms with Gasteiger partial charge >= 0.3 is 0 Å². The van der Waals surface area contributed by atoms with Crippen molar-refractivity contribution in [1.82, 2.24) is 4.90 Å². The van der Waals surface area contributed by atoms with Gasteiger partial charge in [0.1, 0.15) is 5.75 Å². The molecule has 2 fully saturated rings. The smallest absolute Gasteiger partial charge is 0.174 e. The molecule has 4 aliphatic rings. The zero-order valence-corrected chi connectivity index (χ0v) is 20.2. The van der Waals surface area contributed by atoms with Gasteiger partial charge in [0.25, 0.3) is 0 Å². The standard InChI is InChI=1S/C28H31NO4.ClH/c1-2-13-29-14-12-28-20-10-11-22(30)27(28)33-26-23(31)17-24(19(25(26)28)16-21(20)29)32-15-6-9-18-7-4-3-5-8-18;/h2-5,7-8,17,20-21,27,31H,1,6,9-16H2;1H/t20-,21+,27-,28-;/m0./s1. The van der Waals surface area contributed by atoms with Crippen LogP contribution < -0.4 is 9.47 Å². The van der Waals surface area contributed by atoms with Crippen LogP contribution in [-0.2, 0) is 23.1 Å². The zero-order chi connectivity index (χ0) is 22.6. The van der Waals surface area contributed by atoms with Crippen LogP contribution in [0.3, 0.4) is 0 Å². The Balaban J connectivity index is 0.00000241. The number of ether oxygens (including phenoxy) is 2. The number of rotatable bonds is 7. The molecule has 1 spiro atoms. The highest BCUT2D eigenvalue weighted by Gasteiger charge is 2.66. The third-order valence-corrected chi connectivity index (χ3v) is 8.38. The highest BCUT2D eigenvalue weighted by Crippen LogP contribution is 2.64. The number of phenolic OH excluding ortho intramolecular Hbond substituents is 1. The van der Waals surface area contributed by atoms with E-state index in [0.29, 0.717) is 30.7 Å². The molecule has 180 valence electrons. The first-order valence-electron chi connectivity index (χ1n) is 12.2. The number of nitrogens with zero attached hydrogens (tertiary/aromatic N) is 1. The second-order valence-corrected chi connectivity index (χ2v) is 9.97. The highest BCUT2D eigenvalue weighted by atomic mass is 35.5. The summed E-state index contributed by atoms with van der Waals surface area (Å²) in [6.45, 7) is 6.32. The molecule has 2 aliphatic heterocycles. The van der Waals surface area contributed by atoms with E-state index in [1.165, 1.54) is 5.56 Å². The lowest BCUT2D eigenvalue weighted by Gasteiger charge is -2.57. The molecular formula is C28H32ClNO4. The number of hydrogen-bond acceptors (Lipinski definition) is 5. The van der Waals surface area contributed by atoms with Crippen LogP contribution in [0, 0.1) is 5.92 Å². The van der Waals surface area contributed by atoms with Crippen molar-refractivity contribution in [2.75, 3.05) is 19.7 Å². The largest absolute Gasteiger partial charge is 0.504 e. The zero-order valence-electron chi connectivity index (χ0n) is 19.4. The molecule has 6 rings (SSSR count). The van der Waals surface area contributed by atoms with Crippen molar-refractivity contribution in [3.63, 3.8) is 0 Å². The van der Waals surface area contributed by atoms with E-state index in [-0.39, 0.29) is 29.4 Å². The molecule has 34 heavy (non-hydrogen) atoms. The maximum Gasteiger partial charge on any atom is 0.174 e. The van der Waals surface area contributed by atoms with Crippen molar-refractivity contribution in [2.45, 2.75) is 56.1 Å². The molecule has 1 N–H and O–H groups in total. The van der Waals surface area contributed by atoms with Crippen LogP contribution in [0.15, 0.2) is 49.1 Å². The Kier molecular flexibility index (Phi) is 6.11. The number of carbonyl (C=O) groups excluding carboxylic acids is 1. The van der Waals surface area contributed by atoms with E-state index in [1.807, 2.05) is 12.1 Å². The minimum atomic E-state index is -0.474. The van der Waals surface area contributed by atoms with Crippen LogP contribution in [0.4, 0.5) is 0 Å². The minimum Gasteiger partial charge on any atom is -0.504 e. The number of Topliss-reactive ketones (excluding diaryl/α,β-unsaturated/α-hetero) is 1. The van der Waals surface area contributed by atoms with E-state index in [2.05, 4.69) is 35.7 Å². The average molecular weight is 482 g/mol. The van der Waals surface area contributed by atoms with E-state index < -0.39 is 6.10 Å². The summed E-state index contributed by atoms with van der Waals surface area (Å²) in [7, 11) is 0. The Labute approximate surface area is 207 Å². The Morgan fingerprint density at radius 1 is 1.29 bits per heavy atom. The number of benzene rings is 2. The molecule has 0 radical (unpaired) electrons. The fraction of sp³-hybridized carbons (Fsp3) is 0.464. The summed E-state index contributed by atoms with van der Waals surface area (Å²) in [6, 6.07) is 12.5. The van der Waals surface area contributed by atoms with E-state index in [0.717, 1.165) is 62.1 Å². The molecule has 4 atom stereocenters. The van der Waals surface area contributed by atoms with E-state index >= 15 is 0 Å². The average Bonchev–Trinajstić information content (AvgIpc) is 3.18. The lowest BCUT2D eigenvalue weighted by Crippen LogP contribution is -2.66. The summed E-state index contributed by atoms with van der Waals surface area (Å²) in [5, 5.41) is 10.9. The van der Waals surface area contributed by atoms with Gasteiger partial charge in [-0.1, -0.05) is 36.4 Å². The van der Waals surface area contributed by atoms with Crippen LogP contribution in [0.2, 0.25) is 0 Å². The number of ketones is 1. The maximum atomic E-state index is 13.0. The van der Waals surface area contributed by atoms with Gasteiger partial charge in [0.15, 0.2) is 23.4 Å². The molecule has 2 aromatic carbocycles. The topological polar surface area (TPSA) is 59.0 Å². The molecule has 1 saturated carbocycles. The molecule has 1 saturated heterocycles. The Morgan fingerprint density at radius 2 is 2.12 bits per heavy atom. The fourth-order valence-corrected chi connectivity index (χ4v) is 7.08. The van der Waals surface area contributed by atoms with Gasteiger partial charge in [-0.25, -0.2) is 0 Å². The summed E-state index contributed by atoms with van der Waals surface area (Å²) in [5.41, 5.74) is 3.17. The quantitative estimate of drug-likeness (QED) is 0.462. The summed E-state index contributed by atoms with van der Waals surface area (Å²) in [4.78, 5) is 15.5. The Bertz CT molecular complexity index is 1100. The SMILES string of the molecule is C=CCN1CC[C@]23c4c5c(OCCCc6ccccc6)cc(O)c4O[C@H]2C(=O)CC[C@H]3[C@H]1C5.Cl. The van der Waals surface area contributed by atoms with Crippen LogP contribution in [-0.4, -0.2) is 47.6 Å². The molecule has 5 nitrogen and oxygen atoms in total. The van der Waals surface area contributed by atoms with Crippen LogP contribution >= 0.6 is 12.4 Å². The van der Waals surface area contributed by atoms with Gasteiger partial charge in [-0.05, 0) is 50.1 Å². The second-order valence-electron chi connectivity index (χ2n) is 9.97. The van der Waals surface area contributed by atoms with Gasteiger partial charge in [-0.2, -0.15) is 0 Å². The normalized spacial score (nSPS) is 28.5. The summed E-state index contributed by atoms with van der Waals surface area (Å²) in [5.74, 6) is 1.92. The van der Waals surface area contributed by atoms with E-state index in [4.69, 9.17) is 9.47 Å². The minimum absolute atomic E-state index is 0. The van der Waals surface area contributed by atoms with E-state index in [1.54, 1.807) is 6.07 Å². The molecule has 2 bridgehead atoms. The third kappa shape index (κ3) is 3.36. The number of carbonyl (C=O) groups is 1. The summed E-state index contributed by atoms with van der Waals surface area (Å²) < 4.78 is 12.6. The molecule has 2 aliphatic carbocycles. The van der Waals surface area contributed by atoms with Crippen molar-refractivity contribution in [1.29, 1.82) is 0 Å². The first kappa shape index (κ1) is 23.3. The third-order valence-electron chi connectivity index (χ3n) is 8.38. The summed E-state index contributed by atoms with van der Waals surface area (Å²) >= 11 is 0. The van der Waals surface area contributed by atoms with Crippen molar-refractivity contribution in [3.8, 4) is 17.2 Å².